The van der Waals surface area contributed by atoms with Crippen molar-refractivity contribution in [2.24, 2.45) is 0 Å². The Hall–Kier alpha value is -3.13. The fourth-order valence-corrected chi connectivity index (χ4v) is 4.72. The summed E-state index contributed by atoms with van der Waals surface area (Å²) >= 11 is 1.14. The molecule has 1 saturated carbocycles. The summed E-state index contributed by atoms with van der Waals surface area (Å²) in [6, 6.07) is 12.9. The zero-order valence-electron chi connectivity index (χ0n) is 17.9. The molecular formula is C24H27N5O2S. The first-order valence-electron chi connectivity index (χ1n) is 11.1. The van der Waals surface area contributed by atoms with E-state index in [0.717, 1.165) is 55.6 Å². The Morgan fingerprint density at radius 1 is 1.09 bits per heavy atom. The highest BCUT2D eigenvalue weighted by molar-refractivity contribution is 7.03. The largest absolute Gasteiger partial charge is 0.354 e. The maximum absolute atomic E-state index is 13.5. The minimum Gasteiger partial charge on any atom is -0.354 e. The van der Waals surface area contributed by atoms with Gasteiger partial charge in [0.25, 0.3) is 5.91 Å². The van der Waals surface area contributed by atoms with Crippen LogP contribution in [0.4, 0.5) is 0 Å². The zero-order valence-corrected chi connectivity index (χ0v) is 18.7. The third kappa shape index (κ3) is 5.37. The van der Waals surface area contributed by atoms with Crippen molar-refractivity contribution in [3.05, 3.63) is 77.1 Å². The minimum atomic E-state index is -0.767. The molecule has 2 amide bonds. The highest BCUT2D eigenvalue weighted by atomic mass is 32.1. The molecule has 1 N–H and O–H groups in total. The molecule has 166 valence electrons. The van der Waals surface area contributed by atoms with E-state index < -0.39 is 6.04 Å². The predicted molar refractivity (Wildman–Crippen MR) is 123 cm³/mol. The van der Waals surface area contributed by atoms with Crippen molar-refractivity contribution in [1.29, 1.82) is 0 Å². The van der Waals surface area contributed by atoms with E-state index in [9.17, 15) is 9.59 Å². The first-order valence-corrected chi connectivity index (χ1v) is 11.9. The molecule has 2 aromatic heterocycles. The van der Waals surface area contributed by atoms with Gasteiger partial charge in [-0.05, 0) is 42.4 Å². The maximum Gasteiger partial charge on any atom is 0.276 e. The molecule has 0 aliphatic heterocycles. The number of hydrogen-bond donors (Lipinski definition) is 1. The van der Waals surface area contributed by atoms with Crippen molar-refractivity contribution < 1.29 is 9.59 Å². The molecule has 4 rings (SSSR count). The molecule has 3 aromatic rings. The predicted octanol–water partition coefficient (Wildman–Crippen LogP) is 3.81. The number of nitrogens with one attached hydrogen (secondary N) is 1. The summed E-state index contributed by atoms with van der Waals surface area (Å²) in [4.78, 5) is 33.0. The van der Waals surface area contributed by atoms with Gasteiger partial charge in [-0.15, -0.1) is 5.10 Å². The summed E-state index contributed by atoms with van der Waals surface area (Å²) in [7, 11) is 0. The van der Waals surface area contributed by atoms with Gasteiger partial charge in [0.2, 0.25) is 5.91 Å². The molecule has 32 heavy (non-hydrogen) atoms. The molecule has 0 spiro atoms. The van der Waals surface area contributed by atoms with E-state index in [1.54, 1.807) is 28.7 Å². The number of benzene rings is 1. The van der Waals surface area contributed by atoms with Crippen molar-refractivity contribution in [3.8, 4) is 0 Å². The van der Waals surface area contributed by atoms with Crippen LogP contribution in [0.2, 0.25) is 0 Å². The quantitative estimate of drug-likeness (QED) is 0.565. The van der Waals surface area contributed by atoms with E-state index in [1.165, 1.54) is 0 Å². The molecule has 0 bridgehead atoms. The van der Waals surface area contributed by atoms with Crippen molar-refractivity contribution in [2.75, 3.05) is 6.54 Å². The summed E-state index contributed by atoms with van der Waals surface area (Å²) in [5, 5.41) is 8.70. The van der Waals surface area contributed by atoms with Crippen LogP contribution in [0, 0.1) is 0 Å². The lowest BCUT2D eigenvalue weighted by Crippen LogP contribution is -2.49. The van der Waals surface area contributed by atoms with E-state index in [0.29, 0.717) is 12.1 Å². The van der Waals surface area contributed by atoms with Crippen LogP contribution >= 0.6 is 11.5 Å². The molecule has 0 saturated heterocycles. The van der Waals surface area contributed by atoms with Gasteiger partial charge >= 0.3 is 0 Å². The van der Waals surface area contributed by atoms with E-state index in [1.807, 2.05) is 36.4 Å². The van der Waals surface area contributed by atoms with E-state index in [-0.39, 0.29) is 23.6 Å². The maximum atomic E-state index is 13.5. The van der Waals surface area contributed by atoms with Crippen LogP contribution in [0.5, 0.6) is 0 Å². The Labute approximate surface area is 192 Å². The van der Waals surface area contributed by atoms with Gasteiger partial charge in [-0.25, -0.2) is 0 Å². The first kappa shape index (κ1) is 22.1. The molecule has 1 aliphatic rings. The average molecular weight is 450 g/mol. The van der Waals surface area contributed by atoms with E-state index in [4.69, 9.17) is 0 Å². The number of nitrogens with zero attached hydrogens (tertiary/aromatic N) is 4. The molecule has 1 aliphatic carbocycles. The third-order valence-corrected chi connectivity index (χ3v) is 6.37. The monoisotopic (exact) mass is 449 g/mol. The van der Waals surface area contributed by atoms with Gasteiger partial charge in [0.05, 0.1) is 0 Å². The minimum absolute atomic E-state index is 0.0250. The Kier molecular flexibility index (Phi) is 7.55. The summed E-state index contributed by atoms with van der Waals surface area (Å²) in [6.07, 6.45) is 9.04. The van der Waals surface area contributed by atoms with Gasteiger partial charge in [0, 0.05) is 35.9 Å². The van der Waals surface area contributed by atoms with Crippen LogP contribution < -0.4 is 5.32 Å². The lowest BCUT2D eigenvalue weighted by atomic mass is 9.91. The van der Waals surface area contributed by atoms with Crippen LogP contribution in [-0.4, -0.2) is 43.9 Å². The molecule has 1 aromatic carbocycles. The topological polar surface area (TPSA) is 88.1 Å². The third-order valence-electron chi connectivity index (χ3n) is 5.86. The standard InChI is InChI=1S/C24H27N5O2S/c30-23(26-15-13-18-8-3-1-4-9-18)22(19-10-7-14-25-16-19)29(20-11-5-2-6-12-20)24(31)21-17-32-28-27-21/h1,3-4,7-10,14,16-17,20,22H,2,5-6,11-13,15H2,(H,26,30). The second kappa shape index (κ2) is 10.9. The molecule has 7 nitrogen and oxygen atoms in total. The lowest BCUT2D eigenvalue weighted by molar-refractivity contribution is -0.126. The molecule has 1 unspecified atom stereocenters. The fourth-order valence-electron chi connectivity index (χ4n) is 4.29. The van der Waals surface area contributed by atoms with Crippen LogP contribution in [0.15, 0.2) is 60.2 Å². The SMILES string of the molecule is O=C(NCCc1ccccc1)C(c1cccnc1)N(C(=O)c1csnn1)C1CCCCC1. The number of pyridine rings is 1. The first-order chi connectivity index (χ1) is 15.7. The smallest absolute Gasteiger partial charge is 0.276 e. The molecule has 2 heterocycles. The van der Waals surface area contributed by atoms with Crippen molar-refractivity contribution >= 4 is 23.3 Å². The Balaban J connectivity index is 1.61. The van der Waals surface area contributed by atoms with E-state index >= 15 is 0 Å². The van der Waals surface area contributed by atoms with Crippen molar-refractivity contribution in [2.45, 2.75) is 50.6 Å². The van der Waals surface area contributed by atoms with Crippen molar-refractivity contribution in [3.63, 3.8) is 0 Å². The zero-order chi connectivity index (χ0) is 22.2. The molecule has 1 atom stereocenters. The van der Waals surface area contributed by atoms with Gasteiger partial charge in [0.15, 0.2) is 5.69 Å². The molecule has 0 radical (unpaired) electrons. The number of carbonyl (C=O) groups excluding carboxylic acids is 2. The highest BCUT2D eigenvalue weighted by Gasteiger charge is 2.38. The highest BCUT2D eigenvalue weighted by Crippen LogP contribution is 2.32. The Bertz CT molecular complexity index is 992. The van der Waals surface area contributed by atoms with Gasteiger partial charge in [0.1, 0.15) is 6.04 Å². The van der Waals surface area contributed by atoms with Gasteiger partial charge in [-0.3, -0.25) is 14.6 Å². The second-order valence-corrected chi connectivity index (χ2v) is 8.62. The van der Waals surface area contributed by atoms with E-state index in [2.05, 4.69) is 19.9 Å². The summed E-state index contributed by atoms with van der Waals surface area (Å²) < 4.78 is 3.86. The summed E-state index contributed by atoms with van der Waals surface area (Å²) in [6.45, 7) is 0.491. The number of rotatable bonds is 8. The number of carbonyl (C=O) groups is 2. The lowest BCUT2D eigenvalue weighted by Gasteiger charge is -2.39. The van der Waals surface area contributed by atoms with Crippen LogP contribution in [0.3, 0.4) is 0 Å². The van der Waals surface area contributed by atoms with Gasteiger partial charge < -0.3 is 10.2 Å². The Morgan fingerprint density at radius 3 is 2.59 bits per heavy atom. The number of aromatic nitrogens is 3. The van der Waals surface area contributed by atoms with Gasteiger partial charge in [-0.2, -0.15) is 0 Å². The molecular weight excluding hydrogens is 422 g/mol. The Morgan fingerprint density at radius 2 is 1.91 bits per heavy atom. The van der Waals surface area contributed by atoms with Crippen LogP contribution in [-0.2, 0) is 11.2 Å². The fraction of sp³-hybridized carbons (Fsp3) is 0.375. The average Bonchev–Trinajstić information content (AvgIpc) is 3.39. The van der Waals surface area contributed by atoms with Gasteiger partial charge in [-0.1, -0.05) is 60.1 Å². The summed E-state index contributed by atoms with van der Waals surface area (Å²) in [5.74, 6) is -0.450. The summed E-state index contributed by atoms with van der Waals surface area (Å²) in [5.41, 5.74) is 2.14. The second-order valence-electron chi connectivity index (χ2n) is 8.01. The molecule has 1 fully saturated rings. The normalized spacial score (nSPS) is 15.1. The van der Waals surface area contributed by atoms with Crippen LogP contribution in [0.25, 0.3) is 0 Å². The number of hydrogen-bond acceptors (Lipinski definition) is 6. The van der Waals surface area contributed by atoms with Crippen molar-refractivity contribution in [1.82, 2.24) is 24.8 Å². The molecule has 8 heteroatoms. The van der Waals surface area contributed by atoms with Crippen LogP contribution in [0.1, 0.15) is 59.8 Å². The number of amides is 2.